The summed E-state index contributed by atoms with van der Waals surface area (Å²) in [5.74, 6) is 0.673. The van der Waals surface area contributed by atoms with Gasteiger partial charge >= 0.3 is 0 Å². The minimum absolute atomic E-state index is 0.0445. The summed E-state index contributed by atoms with van der Waals surface area (Å²) < 4.78 is 0. The van der Waals surface area contributed by atoms with Crippen molar-refractivity contribution in [2.75, 3.05) is 26.4 Å². The number of nitrogens with two attached hydrogens (primary N) is 1. The highest BCUT2D eigenvalue weighted by Crippen LogP contribution is 2.35. The Morgan fingerprint density at radius 3 is 2.90 bits per heavy atom. The van der Waals surface area contributed by atoms with E-state index in [0.29, 0.717) is 17.1 Å². The predicted molar refractivity (Wildman–Crippen MR) is 85.1 cm³/mol. The standard InChI is InChI=1S/C15H25N3OS/c1-11-5-4-7-15(9-11,18(2)3)10-17-14(19)13-12(16)6-8-20-13/h6,8,11H,4-5,7,9-10,16H2,1-3H3,(H,17,19). The number of carbonyl (C=O) groups excluding carboxylic acids is 1. The first kappa shape index (κ1) is 15.3. The Hall–Kier alpha value is -1.07. The van der Waals surface area contributed by atoms with Crippen LogP contribution >= 0.6 is 11.3 Å². The van der Waals surface area contributed by atoms with Gasteiger partial charge in [-0.2, -0.15) is 0 Å². The number of rotatable bonds is 4. The summed E-state index contributed by atoms with van der Waals surface area (Å²) in [5.41, 5.74) is 6.46. The highest BCUT2D eigenvalue weighted by molar-refractivity contribution is 7.12. The second-order valence-corrected chi connectivity index (χ2v) is 7.12. The third-order valence-corrected chi connectivity index (χ3v) is 5.43. The summed E-state index contributed by atoms with van der Waals surface area (Å²) in [4.78, 5) is 15.1. The molecule has 0 radical (unpaired) electrons. The fourth-order valence-electron chi connectivity index (χ4n) is 3.19. The molecule has 1 amide bonds. The average Bonchev–Trinajstić information content (AvgIpc) is 2.82. The minimum atomic E-state index is -0.0445. The lowest BCUT2D eigenvalue weighted by atomic mass is 9.75. The van der Waals surface area contributed by atoms with Gasteiger partial charge in [-0.3, -0.25) is 4.79 Å². The fourth-order valence-corrected chi connectivity index (χ4v) is 3.92. The predicted octanol–water partition coefficient (Wildman–Crippen LogP) is 2.57. The van der Waals surface area contributed by atoms with Crippen molar-refractivity contribution in [1.82, 2.24) is 10.2 Å². The van der Waals surface area contributed by atoms with Gasteiger partial charge in [0.05, 0.1) is 5.69 Å². The van der Waals surface area contributed by atoms with Crippen LogP contribution < -0.4 is 11.1 Å². The molecule has 4 nitrogen and oxygen atoms in total. The van der Waals surface area contributed by atoms with E-state index in [1.165, 1.54) is 24.2 Å². The van der Waals surface area contributed by atoms with Crippen LogP contribution in [-0.2, 0) is 0 Å². The molecule has 1 aliphatic rings. The van der Waals surface area contributed by atoms with Crippen molar-refractivity contribution >= 4 is 22.9 Å². The Balaban J connectivity index is 2.03. The Bertz CT molecular complexity index is 471. The van der Waals surface area contributed by atoms with Crippen LogP contribution in [0.15, 0.2) is 11.4 Å². The van der Waals surface area contributed by atoms with E-state index in [9.17, 15) is 4.79 Å². The van der Waals surface area contributed by atoms with Gasteiger partial charge in [0.15, 0.2) is 0 Å². The van der Waals surface area contributed by atoms with Crippen LogP contribution in [0.4, 0.5) is 5.69 Å². The Kier molecular flexibility index (Phi) is 4.70. The van der Waals surface area contributed by atoms with Gasteiger partial charge in [0.2, 0.25) is 0 Å². The molecule has 5 heteroatoms. The summed E-state index contributed by atoms with van der Waals surface area (Å²) in [6.07, 6.45) is 4.81. The molecule has 0 bridgehead atoms. The van der Waals surface area contributed by atoms with E-state index in [0.717, 1.165) is 18.8 Å². The first-order valence-electron chi connectivity index (χ1n) is 7.23. The molecule has 112 valence electrons. The molecule has 3 N–H and O–H groups in total. The molecule has 0 aliphatic heterocycles. The number of nitrogen functional groups attached to an aromatic ring is 1. The van der Waals surface area contributed by atoms with Gasteiger partial charge in [0.25, 0.3) is 5.91 Å². The number of amides is 1. The fraction of sp³-hybridized carbons (Fsp3) is 0.667. The molecule has 1 aliphatic carbocycles. The van der Waals surface area contributed by atoms with Gasteiger partial charge in [-0.05, 0) is 44.3 Å². The highest BCUT2D eigenvalue weighted by atomic mass is 32.1. The number of nitrogens with zero attached hydrogens (tertiary/aromatic N) is 1. The Morgan fingerprint density at radius 1 is 1.60 bits per heavy atom. The number of anilines is 1. The van der Waals surface area contributed by atoms with E-state index in [1.807, 2.05) is 5.38 Å². The van der Waals surface area contributed by atoms with Gasteiger partial charge in [-0.15, -0.1) is 11.3 Å². The molecular weight excluding hydrogens is 270 g/mol. The highest BCUT2D eigenvalue weighted by Gasteiger charge is 2.37. The molecule has 2 rings (SSSR count). The maximum atomic E-state index is 12.2. The van der Waals surface area contributed by atoms with E-state index < -0.39 is 0 Å². The van der Waals surface area contributed by atoms with Crippen molar-refractivity contribution < 1.29 is 4.79 Å². The van der Waals surface area contributed by atoms with Crippen LogP contribution in [0.2, 0.25) is 0 Å². The van der Waals surface area contributed by atoms with E-state index >= 15 is 0 Å². The molecule has 0 aromatic carbocycles. The smallest absolute Gasteiger partial charge is 0.263 e. The maximum absolute atomic E-state index is 12.2. The third kappa shape index (κ3) is 3.15. The molecule has 1 aromatic heterocycles. The molecule has 0 spiro atoms. The maximum Gasteiger partial charge on any atom is 0.263 e. The summed E-state index contributed by atoms with van der Waals surface area (Å²) in [5, 5.41) is 4.94. The molecule has 1 heterocycles. The second kappa shape index (κ2) is 6.14. The molecule has 2 atom stereocenters. The van der Waals surface area contributed by atoms with E-state index in [4.69, 9.17) is 5.73 Å². The largest absolute Gasteiger partial charge is 0.397 e. The van der Waals surface area contributed by atoms with Crippen LogP contribution in [0.1, 0.15) is 42.3 Å². The molecule has 0 saturated heterocycles. The van der Waals surface area contributed by atoms with Gasteiger partial charge in [-0.25, -0.2) is 0 Å². The molecule has 1 aromatic rings. The van der Waals surface area contributed by atoms with Crippen LogP contribution in [0.3, 0.4) is 0 Å². The van der Waals surface area contributed by atoms with E-state index in [2.05, 4.69) is 31.2 Å². The molecule has 1 fully saturated rings. The monoisotopic (exact) mass is 295 g/mol. The quantitative estimate of drug-likeness (QED) is 0.897. The van der Waals surface area contributed by atoms with Crippen LogP contribution in [0.25, 0.3) is 0 Å². The normalized spacial score (nSPS) is 26.7. The number of hydrogen-bond acceptors (Lipinski definition) is 4. The number of hydrogen-bond donors (Lipinski definition) is 2. The summed E-state index contributed by atoms with van der Waals surface area (Å²) in [6, 6.07) is 1.78. The summed E-state index contributed by atoms with van der Waals surface area (Å²) in [6.45, 7) is 3.00. The Morgan fingerprint density at radius 2 is 2.35 bits per heavy atom. The average molecular weight is 295 g/mol. The number of thiophene rings is 1. The van der Waals surface area contributed by atoms with E-state index in [1.54, 1.807) is 6.07 Å². The molecule has 20 heavy (non-hydrogen) atoms. The summed E-state index contributed by atoms with van der Waals surface area (Å²) in [7, 11) is 4.23. The lowest BCUT2D eigenvalue weighted by Gasteiger charge is -2.45. The van der Waals surface area contributed by atoms with Crippen molar-refractivity contribution in [1.29, 1.82) is 0 Å². The SMILES string of the molecule is CC1CCCC(CNC(=O)c2sccc2N)(N(C)C)C1. The lowest BCUT2D eigenvalue weighted by molar-refractivity contribution is 0.0677. The molecule has 1 saturated carbocycles. The van der Waals surface area contributed by atoms with Gasteiger partial charge in [-0.1, -0.05) is 19.8 Å². The first-order valence-corrected chi connectivity index (χ1v) is 8.11. The zero-order chi connectivity index (χ0) is 14.8. The van der Waals surface area contributed by atoms with Gasteiger partial charge < -0.3 is 16.0 Å². The zero-order valence-electron chi connectivity index (χ0n) is 12.6. The third-order valence-electron chi connectivity index (χ3n) is 4.50. The minimum Gasteiger partial charge on any atom is -0.397 e. The van der Waals surface area contributed by atoms with Crippen molar-refractivity contribution in [3.05, 3.63) is 16.3 Å². The lowest BCUT2D eigenvalue weighted by Crippen LogP contribution is -2.55. The molecule has 2 unspecified atom stereocenters. The van der Waals surface area contributed by atoms with Crippen LogP contribution in [0, 0.1) is 5.92 Å². The van der Waals surface area contributed by atoms with Crippen LogP contribution in [0.5, 0.6) is 0 Å². The summed E-state index contributed by atoms with van der Waals surface area (Å²) >= 11 is 1.40. The van der Waals surface area contributed by atoms with Crippen molar-refractivity contribution in [3.63, 3.8) is 0 Å². The van der Waals surface area contributed by atoms with Crippen molar-refractivity contribution in [2.45, 2.75) is 38.1 Å². The van der Waals surface area contributed by atoms with Crippen molar-refractivity contribution in [3.8, 4) is 0 Å². The zero-order valence-corrected chi connectivity index (χ0v) is 13.4. The second-order valence-electron chi connectivity index (χ2n) is 6.21. The number of likely N-dealkylation sites (N-methyl/N-ethyl adjacent to an activating group) is 1. The topological polar surface area (TPSA) is 58.4 Å². The Labute approximate surface area is 125 Å². The number of carbonyl (C=O) groups is 1. The van der Waals surface area contributed by atoms with Crippen molar-refractivity contribution in [2.24, 2.45) is 5.92 Å². The van der Waals surface area contributed by atoms with Gasteiger partial charge in [0, 0.05) is 12.1 Å². The van der Waals surface area contributed by atoms with Crippen LogP contribution in [-0.4, -0.2) is 37.0 Å². The van der Waals surface area contributed by atoms with Gasteiger partial charge in [0.1, 0.15) is 4.88 Å². The molecular formula is C15H25N3OS. The first-order chi connectivity index (χ1) is 9.44. The number of nitrogens with one attached hydrogen (secondary N) is 1. The van der Waals surface area contributed by atoms with E-state index in [-0.39, 0.29) is 11.4 Å².